The summed E-state index contributed by atoms with van der Waals surface area (Å²) >= 11 is 0. The molecule has 3 rings (SSSR count). The number of hydrogen-bond donors (Lipinski definition) is 1. The number of nitrogens with zero attached hydrogens (tertiary/aromatic N) is 3. The Hall–Kier alpha value is -2.94. The van der Waals surface area contributed by atoms with Crippen molar-refractivity contribution in [2.24, 2.45) is 11.3 Å². The summed E-state index contributed by atoms with van der Waals surface area (Å²) in [5, 5.41) is 2.90. The highest BCUT2D eigenvalue weighted by molar-refractivity contribution is 6.00. The molecule has 2 heterocycles. The largest absolute Gasteiger partial charge is 0.486 e. The number of nitrogens with one attached hydrogen (secondary N) is 1. The van der Waals surface area contributed by atoms with Crippen LogP contribution in [0, 0.1) is 11.3 Å². The molecule has 1 aromatic carbocycles. The third-order valence-corrected chi connectivity index (χ3v) is 7.03. The molecule has 2 aliphatic rings. The summed E-state index contributed by atoms with van der Waals surface area (Å²) < 4.78 is 20.0. The molecule has 2 atom stereocenters. The highest BCUT2D eigenvalue weighted by atomic mass is 19.1. The van der Waals surface area contributed by atoms with E-state index in [0.717, 1.165) is 19.5 Å². The Morgan fingerprint density at radius 2 is 1.77 bits per heavy atom. The topological polar surface area (TPSA) is 82.2 Å². The quantitative estimate of drug-likeness (QED) is 0.510. The van der Waals surface area contributed by atoms with E-state index >= 15 is 0 Å². The summed E-state index contributed by atoms with van der Waals surface area (Å²) in [6, 6.07) is 5.34. The third-order valence-electron chi connectivity index (χ3n) is 7.03. The van der Waals surface area contributed by atoms with Gasteiger partial charge in [-0.3, -0.25) is 14.4 Å². The van der Waals surface area contributed by atoms with Gasteiger partial charge in [-0.15, -0.1) is 0 Å². The van der Waals surface area contributed by atoms with Crippen LogP contribution < -0.4 is 10.1 Å². The van der Waals surface area contributed by atoms with Gasteiger partial charge in [0.15, 0.2) is 0 Å². The second-order valence-corrected chi connectivity index (χ2v) is 12.2. The Labute approximate surface area is 232 Å². The minimum absolute atomic E-state index is 0.00680. The van der Waals surface area contributed by atoms with Crippen LogP contribution in [-0.2, 0) is 9.59 Å². The van der Waals surface area contributed by atoms with Gasteiger partial charge in [0, 0.05) is 32.7 Å². The number of ether oxygens (including phenoxy) is 1. The molecule has 0 radical (unpaired) electrons. The number of hydrogen-bond acceptors (Lipinski definition) is 5. The molecular formula is C30H45FN4O4. The first-order valence-corrected chi connectivity index (χ1v) is 14.0. The molecule has 216 valence electrons. The molecule has 0 aliphatic carbocycles. The number of benzene rings is 1. The van der Waals surface area contributed by atoms with Gasteiger partial charge in [0.25, 0.3) is 5.91 Å². The van der Waals surface area contributed by atoms with E-state index in [-0.39, 0.29) is 41.1 Å². The van der Waals surface area contributed by atoms with Crippen LogP contribution in [0.25, 0.3) is 0 Å². The summed E-state index contributed by atoms with van der Waals surface area (Å²) in [4.78, 5) is 46.2. The zero-order valence-corrected chi connectivity index (χ0v) is 24.3. The van der Waals surface area contributed by atoms with Crippen molar-refractivity contribution in [3.63, 3.8) is 0 Å². The first kappa shape index (κ1) is 30.6. The van der Waals surface area contributed by atoms with Crippen molar-refractivity contribution in [2.45, 2.75) is 66.0 Å². The Kier molecular flexibility index (Phi) is 10.5. The van der Waals surface area contributed by atoms with Gasteiger partial charge in [-0.2, -0.15) is 0 Å². The van der Waals surface area contributed by atoms with Crippen LogP contribution in [0.5, 0.6) is 5.75 Å². The lowest BCUT2D eigenvalue weighted by Gasteiger charge is -2.36. The second-order valence-electron chi connectivity index (χ2n) is 12.2. The standard InChI is InChI=1S/C30H45FN4O4/c1-21(2)18-24(28(37)35-13-9-11-25(35)29(38)34-16-14-33(6)15-17-34)32-27(36)23-10-7-8-12-26(23)39-20-22(31)19-30(3,4)5/h7-8,10,12,19,21,24-25H,9,11,13-18,20H2,1-6H3,(H,32,36)/b22-19+/t24-,25-/m1/s1. The van der Waals surface area contributed by atoms with E-state index in [1.54, 1.807) is 29.2 Å². The van der Waals surface area contributed by atoms with Crippen molar-refractivity contribution in [3.8, 4) is 5.75 Å². The second kappa shape index (κ2) is 13.4. The number of amides is 3. The number of carbonyl (C=O) groups is 3. The first-order valence-electron chi connectivity index (χ1n) is 14.0. The van der Waals surface area contributed by atoms with Crippen LogP contribution in [0.3, 0.4) is 0 Å². The van der Waals surface area contributed by atoms with Gasteiger partial charge in [0.05, 0.1) is 5.56 Å². The minimum atomic E-state index is -0.788. The van der Waals surface area contributed by atoms with Gasteiger partial charge in [-0.1, -0.05) is 46.8 Å². The van der Waals surface area contributed by atoms with Crippen molar-refractivity contribution >= 4 is 17.7 Å². The normalized spacial score (nSPS) is 19.8. The average molecular weight is 545 g/mol. The minimum Gasteiger partial charge on any atom is -0.486 e. The number of carbonyl (C=O) groups excluding carboxylic acids is 3. The summed E-state index contributed by atoms with van der Waals surface area (Å²) in [5.41, 5.74) is -0.109. The SMILES string of the molecule is CC(C)C[C@@H](NC(=O)c1ccccc1OC/C(F)=C\C(C)(C)C)C(=O)N1CCC[C@@H]1C(=O)N1CCN(C)CC1. The third kappa shape index (κ3) is 8.78. The lowest BCUT2D eigenvalue weighted by Crippen LogP contribution is -2.56. The first-order chi connectivity index (χ1) is 18.4. The number of likely N-dealkylation sites (N-methyl/N-ethyl adjacent to an activating group) is 1. The van der Waals surface area contributed by atoms with E-state index in [1.807, 2.05) is 46.6 Å². The zero-order valence-electron chi connectivity index (χ0n) is 24.3. The summed E-state index contributed by atoms with van der Waals surface area (Å²) in [6.45, 7) is 12.8. The van der Waals surface area contributed by atoms with Crippen molar-refractivity contribution in [1.82, 2.24) is 20.0 Å². The fraction of sp³-hybridized carbons (Fsp3) is 0.633. The number of allylic oxidation sites excluding steroid dienone is 1. The number of piperazine rings is 1. The predicted octanol–water partition coefficient (Wildman–Crippen LogP) is 3.87. The molecule has 0 bridgehead atoms. The van der Waals surface area contributed by atoms with E-state index in [9.17, 15) is 18.8 Å². The number of rotatable bonds is 9. The van der Waals surface area contributed by atoms with E-state index < -0.39 is 23.8 Å². The van der Waals surface area contributed by atoms with Gasteiger partial charge in [-0.25, -0.2) is 4.39 Å². The molecule has 2 aliphatic heterocycles. The molecule has 9 heteroatoms. The lowest BCUT2D eigenvalue weighted by molar-refractivity contribution is -0.145. The number of para-hydroxylation sites is 1. The van der Waals surface area contributed by atoms with E-state index in [4.69, 9.17) is 4.74 Å². The highest BCUT2D eigenvalue weighted by Crippen LogP contribution is 2.25. The Morgan fingerprint density at radius 1 is 1.10 bits per heavy atom. The number of likely N-dealkylation sites (tertiary alicyclic amines) is 1. The maximum Gasteiger partial charge on any atom is 0.255 e. The zero-order chi connectivity index (χ0) is 28.7. The Balaban J connectivity index is 1.73. The fourth-order valence-electron chi connectivity index (χ4n) is 5.09. The molecule has 1 N–H and O–H groups in total. The van der Waals surface area contributed by atoms with E-state index in [0.29, 0.717) is 32.5 Å². The van der Waals surface area contributed by atoms with Crippen LogP contribution in [0.2, 0.25) is 0 Å². The maximum absolute atomic E-state index is 14.4. The average Bonchev–Trinajstić information content (AvgIpc) is 3.35. The maximum atomic E-state index is 14.4. The molecule has 0 aromatic heterocycles. The van der Waals surface area contributed by atoms with Crippen molar-refractivity contribution < 1.29 is 23.5 Å². The van der Waals surface area contributed by atoms with Gasteiger partial charge >= 0.3 is 0 Å². The molecule has 0 spiro atoms. The molecule has 3 amide bonds. The Morgan fingerprint density at radius 3 is 2.41 bits per heavy atom. The summed E-state index contributed by atoms with van der Waals surface area (Å²) in [7, 11) is 2.04. The Bertz CT molecular complexity index is 1040. The van der Waals surface area contributed by atoms with Crippen LogP contribution >= 0.6 is 0 Å². The molecular weight excluding hydrogens is 499 g/mol. The highest BCUT2D eigenvalue weighted by Gasteiger charge is 2.40. The molecule has 8 nitrogen and oxygen atoms in total. The molecule has 0 saturated carbocycles. The smallest absolute Gasteiger partial charge is 0.255 e. The molecule has 0 unspecified atom stereocenters. The predicted molar refractivity (Wildman–Crippen MR) is 150 cm³/mol. The van der Waals surface area contributed by atoms with Crippen molar-refractivity contribution in [2.75, 3.05) is 46.4 Å². The number of halogens is 1. The van der Waals surface area contributed by atoms with E-state index in [1.165, 1.54) is 6.08 Å². The van der Waals surface area contributed by atoms with Crippen LogP contribution in [0.4, 0.5) is 4.39 Å². The lowest BCUT2D eigenvalue weighted by atomic mass is 9.96. The fourth-order valence-corrected chi connectivity index (χ4v) is 5.09. The monoisotopic (exact) mass is 544 g/mol. The van der Waals surface area contributed by atoms with Crippen molar-refractivity contribution in [1.29, 1.82) is 0 Å². The summed E-state index contributed by atoms with van der Waals surface area (Å²) in [5.74, 6) is -0.752. The van der Waals surface area contributed by atoms with Gasteiger partial charge in [-0.05, 0) is 55.9 Å². The van der Waals surface area contributed by atoms with Gasteiger partial charge < -0.3 is 24.8 Å². The van der Waals surface area contributed by atoms with Crippen LogP contribution in [-0.4, -0.2) is 90.9 Å². The van der Waals surface area contributed by atoms with Crippen LogP contribution in [0.1, 0.15) is 64.2 Å². The summed E-state index contributed by atoms with van der Waals surface area (Å²) in [6.07, 6.45) is 3.30. The van der Waals surface area contributed by atoms with Crippen molar-refractivity contribution in [3.05, 3.63) is 41.7 Å². The molecule has 39 heavy (non-hydrogen) atoms. The molecule has 2 fully saturated rings. The van der Waals surface area contributed by atoms with Gasteiger partial charge in [0.1, 0.15) is 30.3 Å². The van der Waals surface area contributed by atoms with Crippen LogP contribution in [0.15, 0.2) is 36.2 Å². The molecule has 2 saturated heterocycles. The van der Waals surface area contributed by atoms with E-state index in [2.05, 4.69) is 10.2 Å². The van der Waals surface area contributed by atoms with Gasteiger partial charge in [0.2, 0.25) is 11.8 Å². The molecule has 1 aromatic rings.